The molecule has 16 heavy (non-hydrogen) atoms. The summed E-state index contributed by atoms with van der Waals surface area (Å²) in [5.41, 5.74) is -0.287. The Labute approximate surface area is 90.4 Å². The van der Waals surface area contributed by atoms with Crippen LogP contribution in [0.15, 0.2) is 18.2 Å². The van der Waals surface area contributed by atoms with Gasteiger partial charge in [-0.2, -0.15) is 13.2 Å². The van der Waals surface area contributed by atoms with E-state index in [1.165, 1.54) is 20.3 Å². The van der Waals surface area contributed by atoms with Crippen molar-refractivity contribution in [1.29, 1.82) is 0 Å². The van der Waals surface area contributed by atoms with Crippen LogP contribution in [0.1, 0.15) is 11.7 Å². The molecular formula is C10H11F3O3. The number of ether oxygens (including phenoxy) is 2. The molecule has 0 aliphatic heterocycles. The topological polar surface area (TPSA) is 38.7 Å². The summed E-state index contributed by atoms with van der Waals surface area (Å²) < 4.78 is 46.4. The Bertz CT molecular complexity index is 363. The third-order valence-corrected chi connectivity index (χ3v) is 2.03. The molecule has 0 aliphatic carbocycles. The number of hydrogen-bond donors (Lipinski definition) is 1. The van der Waals surface area contributed by atoms with Crippen molar-refractivity contribution in [2.24, 2.45) is 0 Å². The van der Waals surface area contributed by atoms with Crippen molar-refractivity contribution < 1.29 is 27.8 Å². The molecule has 0 saturated heterocycles. The summed E-state index contributed by atoms with van der Waals surface area (Å²) in [5.74, 6) is 0.448. The maximum absolute atomic E-state index is 12.2. The monoisotopic (exact) mass is 236 g/mol. The van der Waals surface area contributed by atoms with Crippen molar-refractivity contribution in [3.8, 4) is 11.5 Å². The second-order valence-corrected chi connectivity index (χ2v) is 3.06. The van der Waals surface area contributed by atoms with Crippen molar-refractivity contribution in [1.82, 2.24) is 0 Å². The standard InChI is InChI=1S/C10H11F3O3/c1-15-7-4-3-6(5-8(7)16-2)9(14)10(11,12)13/h3-5,9,14H,1-2H3/t9-/m1/s1. The van der Waals surface area contributed by atoms with Crippen molar-refractivity contribution in [2.45, 2.75) is 12.3 Å². The normalized spacial score (nSPS) is 13.4. The summed E-state index contributed by atoms with van der Waals surface area (Å²) in [6, 6.07) is 3.54. The molecule has 0 spiro atoms. The third-order valence-electron chi connectivity index (χ3n) is 2.03. The zero-order valence-electron chi connectivity index (χ0n) is 8.71. The van der Waals surface area contributed by atoms with Gasteiger partial charge in [0.1, 0.15) is 0 Å². The summed E-state index contributed by atoms with van der Waals surface area (Å²) in [6.07, 6.45) is -7.22. The van der Waals surface area contributed by atoms with Crippen LogP contribution in [0.2, 0.25) is 0 Å². The van der Waals surface area contributed by atoms with E-state index in [0.717, 1.165) is 12.1 Å². The summed E-state index contributed by atoms with van der Waals surface area (Å²) in [7, 11) is 2.68. The number of rotatable bonds is 3. The van der Waals surface area contributed by atoms with E-state index in [-0.39, 0.29) is 11.3 Å². The Hall–Kier alpha value is -1.43. The van der Waals surface area contributed by atoms with Gasteiger partial charge in [-0.25, -0.2) is 0 Å². The Morgan fingerprint density at radius 1 is 1.12 bits per heavy atom. The zero-order chi connectivity index (χ0) is 12.3. The summed E-state index contributed by atoms with van der Waals surface area (Å²) in [5, 5.41) is 9.02. The fourth-order valence-electron chi connectivity index (χ4n) is 1.21. The van der Waals surface area contributed by atoms with Gasteiger partial charge in [0.05, 0.1) is 14.2 Å². The number of aliphatic hydroxyl groups excluding tert-OH is 1. The van der Waals surface area contributed by atoms with E-state index in [2.05, 4.69) is 0 Å². The molecule has 90 valence electrons. The molecule has 0 heterocycles. The van der Waals surface area contributed by atoms with Crippen molar-refractivity contribution in [3.05, 3.63) is 23.8 Å². The average Bonchev–Trinajstić information content (AvgIpc) is 2.25. The third kappa shape index (κ3) is 2.57. The molecule has 1 aromatic rings. The van der Waals surface area contributed by atoms with E-state index >= 15 is 0 Å². The van der Waals surface area contributed by atoms with Crippen LogP contribution in [0.25, 0.3) is 0 Å². The van der Waals surface area contributed by atoms with Gasteiger partial charge in [0, 0.05) is 0 Å². The fourth-order valence-corrected chi connectivity index (χ4v) is 1.21. The van der Waals surface area contributed by atoms with Crippen molar-refractivity contribution in [2.75, 3.05) is 14.2 Å². The van der Waals surface area contributed by atoms with E-state index in [4.69, 9.17) is 14.6 Å². The zero-order valence-corrected chi connectivity index (χ0v) is 8.71. The number of methoxy groups -OCH3 is 2. The fraction of sp³-hybridized carbons (Fsp3) is 0.400. The summed E-state index contributed by atoms with van der Waals surface area (Å²) in [4.78, 5) is 0. The van der Waals surface area contributed by atoms with Crippen LogP contribution in [0.4, 0.5) is 13.2 Å². The van der Waals surface area contributed by atoms with E-state index < -0.39 is 12.3 Å². The van der Waals surface area contributed by atoms with Crippen LogP contribution >= 0.6 is 0 Å². The first-order chi connectivity index (χ1) is 7.40. The molecule has 0 aliphatic rings. The van der Waals surface area contributed by atoms with Crippen LogP contribution in [-0.4, -0.2) is 25.5 Å². The molecule has 1 N–H and O–H groups in total. The van der Waals surface area contributed by atoms with E-state index in [1.54, 1.807) is 0 Å². The largest absolute Gasteiger partial charge is 0.493 e. The lowest BCUT2D eigenvalue weighted by Crippen LogP contribution is -2.20. The Morgan fingerprint density at radius 2 is 1.69 bits per heavy atom. The second kappa shape index (κ2) is 4.61. The molecule has 0 unspecified atom stereocenters. The lowest BCUT2D eigenvalue weighted by atomic mass is 10.1. The molecule has 6 heteroatoms. The number of halogens is 3. The average molecular weight is 236 g/mol. The van der Waals surface area contributed by atoms with Gasteiger partial charge in [-0.3, -0.25) is 0 Å². The molecule has 3 nitrogen and oxygen atoms in total. The lowest BCUT2D eigenvalue weighted by Gasteiger charge is -2.16. The molecule has 0 amide bonds. The van der Waals surface area contributed by atoms with Crippen molar-refractivity contribution in [3.63, 3.8) is 0 Å². The lowest BCUT2D eigenvalue weighted by molar-refractivity contribution is -0.206. The van der Waals surface area contributed by atoms with Crippen molar-refractivity contribution >= 4 is 0 Å². The summed E-state index contributed by atoms with van der Waals surface area (Å²) >= 11 is 0. The highest BCUT2D eigenvalue weighted by atomic mass is 19.4. The number of alkyl halides is 3. The number of aliphatic hydroxyl groups is 1. The molecule has 0 fully saturated rings. The molecule has 0 aromatic heterocycles. The van der Waals surface area contributed by atoms with Crippen LogP contribution in [0, 0.1) is 0 Å². The Kier molecular flexibility index (Phi) is 3.64. The van der Waals surface area contributed by atoms with E-state index in [9.17, 15) is 13.2 Å². The minimum Gasteiger partial charge on any atom is -0.493 e. The molecule has 0 radical (unpaired) electrons. The predicted octanol–water partition coefficient (Wildman–Crippen LogP) is 2.30. The smallest absolute Gasteiger partial charge is 0.418 e. The maximum Gasteiger partial charge on any atom is 0.418 e. The Morgan fingerprint density at radius 3 is 2.12 bits per heavy atom. The van der Waals surface area contributed by atoms with Gasteiger partial charge < -0.3 is 14.6 Å². The number of benzene rings is 1. The highest BCUT2D eigenvalue weighted by Gasteiger charge is 2.39. The minimum absolute atomic E-state index is 0.142. The first-order valence-electron chi connectivity index (χ1n) is 4.37. The maximum atomic E-state index is 12.2. The van der Waals surface area contributed by atoms with Gasteiger partial charge >= 0.3 is 6.18 Å². The summed E-state index contributed by atoms with van der Waals surface area (Å²) in [6.45, 7) is 0. The van der Waals surface area contributed by atoms with Gasteiger partial charge in [0.25, 0.3) is 0 Å². The number of hydrogen-bond acceptors (Lipinski definition) is 3. The SMILES string of the molecule is COc1ccc([C@@H](O)C(F)(F)F)cc1OC. The highest BCUT2D eigenvalue weighted by Crippen LogP contribution is 2.36. The van der Waals surface area contributed by atoms with Gasteiger partial charge in [-0.05, 0) is 17.7 Å². The first-order valence-corrected chi connectivity index (χ1v) is 4.37. The molecule has 1 aromatic carbocycles. The van der Waals surface area contributed by atoms with Gasteiger partial charge in [0.15, 0.2) is 17.6 Å². The van der Waals surface area contributed by atoms with Crippen LogP contribution in [0.5, 0.6) is 11.5 Å². The van der Waals surface area contributed by atoms with Gasteiger partial charge in [-0.1, -0.05) is 6.07 Å². The van der Waals surface area contributed by atoms with Gasteiger partial charge in [0.2, 0.25) is 0 Å². The molecular weight excluding hydrogens is 225 g/mol. The highest BCUT2D eigenvalue weighted by molar-refractivity contribution is 5.43. The van der Waals surface area contributed by atoms with Gasteiger partial charge in [-0.15, -0.1) is 0 Å². The van der Waals surface area contributed by atoms with E-state index in [1.807, 2.05) is 0 Å². The Balaban J connectivity index is 3.08. The van der Waals surface area contributed by atoms with Crippen LogP contribution < -0.4 is 9.47 Å². The predicted molar refractivity (Wildman–Crippen MR) is 50.6 cm³/mol. The van der Waals surface area contributed by atoms with Crippen LogP contribution in [0.3, 0.4) is 0 Å². The minimum atomic E-state index is -4.69. The molecule has 0 bridgehead atoms. The van der Waals surface area contributed by atoms with Crippen LogP contribution in [-0.2, 0) is 0 Å². The second-order valence-electron chi connectivity index (χ2n) is 3.06. The molecule has 0 saturated carbocycles. The van der Waals surface area contributed by atoms with E-state index in [0.29, 0.717) is 5.75 Å². The quantitative estimate of drug-likeness (QED) is 0.875. The molecule has 1 atom stereocenters. The molecule has 1 rings (SSSR count). The first kappa shape index (κ1) is 12.6.